The second-order valence-corrected chi connectivity index (χ2v) is 12.4. The zero-order valence-electron chi connectivity index (χ0n) is 30.4. The number of phenols is 2. The lowest BCUT2D eigenvalue weighted by molar-refractivity contribution is 0.414. The summed E-state index contributed by atoms with van der Waals surface area (Å²) in [6, 6.07) is 50.3. The highest BCUT2D eigenvalue weighted by atomic mass is 16.5. The first-order chi connectivity index (χ1) is 26.4. The van der Waals surface area contributed by atoms with Gasteiger partial charge >= 0.3 is 0 Å². The summed E-state index contributed by atoms with van der Waals surface area (Å²) in [7, 11) is 6.54. The minimum Gasteiger partial charge on any atom is -0.506 e. The average molecular weight is 717 g/mol. The number of anilines is 6. The zero-order chi connectivity index (χ0) is 37.6. The highest BCUT2D eigenvalue weighted by Crippen LogP contribution is 2.45. The van der Waals surface area contributed by atoms with Crippen molar-refractivity contribution in [1.29, 1.82) is 0 Å². The van der Waals surface area contributed by atoms with E-state index in [0.29, 0.717) is 11.4 Å². The van der Waals surface area contributed by atoms with Gasteiger partial charge in [-0.3, -0.25) is 0 Å². The lowest BCUT2D eigenvalue weighted by Gasteiger charge is -2.27. The van der Waals surface area contributed by atoms with Crippen molar-refractivity contribution in [2.75, 3.05) is 38.2 Å². The molecule has 54 heavy (non-hydrogen) atoms. The number of aromatic hydroxyl groups is 2. The summed E-state index contributed by atoms with van der Waals surface area (Å²) < 4.78 is 21.6. The van der Waals surface area contributed by atoms with E-state index in [9.17, 15) is 10.2 Å². The third-order valence-corrected chi connectivity index (χ3v) is 9.31. The Morgan fingerprint density at radius 1 is 0.315 bits per heavy atom. The molecular weight excluding hydrogens is 677 g/mol. The van der Waals surface area contributed by atoms with Crippen LogP contribution in [0.4, 0.5) is 34.1 Å². The maximum Gasteiger partial charge on any atom is 0.139 e. The summed E-state index contributed by atoms with van der Waals surface area (Å²) in [6.45, 7) is 0. The Bertz CT molecular complexity index is 2060. The smallest absolute Gasteiger partial charge is 0.139 e. The third-order valence-electron chi connectivity index (χ3n) is 9.31. The molecule has 0 aliphatic carbocycles. The maximum absolute atomic E-state index is 11.3. The normalized spacial score (nSPS) is 10.7. The summed E-state index contributed by atoms with van der Waals surface area (Å²) in [5.41, 5.74) is 8.45. The Morgan fingerprint density at radius 2 is 0.556 bits per heavy atom. The molecule has 0 aliphatic heterocycles. The van der Waals surface area contributed by atoms with Crippen molar-refractivity contribution in [3.8, 4) is 56.8 Å². The van der Waals surface area contributed by atoms with Gasteiger partial charge < -0.3 is 39.0 Å². The molecule has 0 unspecified atom stereocenters. The molecule has 0 atom stereocenters. The van der Waals surface area contributed by atoms with Crippen molar-refractivity contribution in [3.05, 3.63) is 158 Å². The summed E-state index contributed by atoms with van der Waals surface area (Å²) >= 11 is 0. The van der Waals surface area contributed by atoms with E-state index in [2.05, 4.69) is 24.3 Å². The second kappa shape index (κ2) is 15.7. The summed E-state index contributed by atoms with van der Waals surface area (Å²) in [5.74, 6) is 3.22. The quantitative estimate of drug-likeness (QED) is 0.129. The van der Waals surface area contributed by atoms with Crippen molar-refractivity contribution in [3.63, 3.8) is 0 Å². The number of benzene rings is 7. The van der Waals surface area contributed by atoms with E-state index in [1.165, 1.54) is 0 Å². The van der Waals surface area contributed by atoms with Crippen LogP contribution in [0.5, 0.6) is 34.5 Å². The van der Waals surface area contributed by atoms with Crippen molar-refractivity contribution >= 4 is 34.1 Å². The molecule has 8 heteroatoms. The monoisotopic (exact) mass is 716 g/mol. The molecule has 0 saturated heterocycles. The number of hydrogen-bond donors (Lipinski definition) is 2. The number of nitrogens with zero attached hydrogens (tertiary/aromatic N) is 2. The molecule has 0 aromatic heterocycles. The molecule has 7 rings (SSSR count). The highest BCUT2D eigenvalue weighted by molar-refractivity contribution is 5.86. The predicted molar refractivity (Wildman–Crippen MR) is 216 cm³/mol. The third kappa shape index (κ3) is 7.31. The van der Waals surface area contributed by atoms with Gasteiger partial charge in [-0.1, -0.05) is 36.4 Å². The molecule has 7 aromatic rings. The van der Waals surface area contributed by atoms with Gasteiger partial charge in [-0.2, -0.15) is 0 Å². The van der Waals surface area contributed by atoms with E-state index >= 15 is 0 Å². The molecule has 0 heterocycles. The van der Waals surface area contributed by atoms with E-state index in [-0.39, 0.29) is 11.5 Å². The number of hydrogen-bond acceptors (Lipinski definition) is 8. The SMILES string of the molecule is COc1ccc(N(c2ccc(OC)cc2)c2cc(-c3ccc(-c4ccc(O)c(N(c5ccc(OC)cc5)c5ccc(OC)cc5)c4)cc3)ccc2O)cc1. The Labute approximate surface area is 315 Å². The van der Waals surface area contributed by atoms with Gasteiger partial charge in [0.1, 0.15) is 34.5 Å². The molecule has 0 spiro atoms. The van der Waals surface area contributed by atoms with Crippen LogP contribution in [-0.4, -0.2) is 38.7 Å². The van der Waals surface area contributed by atoms with Crippen molar-refractivity contribution in [2.45, 2.75) is 0 Å². The first kappa shape index (κ1) is 35.3. The van der Waals surface area contributed by atoms with Crippen LogP contribution < -0.4 is 28.7 Å². The lowest BCUT2D eigenvalue weighted by Crippen LogP contribution is -2.10. The van der Waals surface area contributed by atoms with Gasteiger partial charge in [0.05, 0.1) is 39.8 Å². The molecule has 0 fully saturated rings. The zero-order valence-corrected chi connectivity index (χ0v) is 30.4. The fourth-order valence-electron chi connectivity index (χ4n) is 6.40. The van der Waals surface area contributed by atoms with E-state index in [1.54, 1.807) is 40.6 Å². The van der Waals surface area contributed by atoms with Gasteiger partial charge in [0, 0.05) is 22.7 Å². The second-order valence-electron chi connectivity index (χ2n) is 12.4. The van der Waals surface area contributed by atoms with Crippen LogP contribution >= 0.6 is 0 Å². The molecule has 270 valence electrons. The lowest BCUT2D eigenvalue weighted by atomic mass is 9.98. The van der Waals surface area contributed by atoms with Crippen LogP contribution in [0.1, 0.15) is 0 Å². The largest absolute Gasteiger partial charge is 0.506 e. The molecule has 0 radical (unpaired) electrons. The minimum absolute atomic E-state index is 0.136. The van der Waals surface area contributed by atoms with Crippen LogP contribution in [0.3, 0.4) is 0 Å². The Morgan fingerprint density at radius 3 is 0.796 bits per heavy atom. The molecule has 2 N–H and O–H groups in total. The highest BCUT2D eigenvalue weighted by Gasteiger charge is 2.20. The molecule has 0 amide bonds. The number of phenolic OH excluding ortho intramolecular Hbond substituents is 2. The molecule has 0 aliphatic rings. The number of rotatable bonds is 12. The Hall–Kier alpha value is -7.06. The van der Waals surface area contributed by atoms with E-state index in [4.69, 9.17) is 18.9 Å². The molecule has 0 bridgehead atoms. The summed E-state index contributed by atoms with van der Waals surface area (Å²) in [4.78, 5) is 4.00. The first-order valence-corrected chi connectivity index (χ1v) is 17.3. The van der Waals surface area contributed by atoms with E-state index in [1.807, 2.05) is 131 Å². The van der Waals surface area contributed by atoms with Crippen molar-refractivity contribution < 1.29 is 29.2 Å². The van der Waals surface area contributed by atoms with Crippen LogP contribution in [0.15, 0.2) is 158 Å². The number of ether oxygens (including phenoxy) is 4. The van der Waals surface area contributed by atoms with Crippen LogP contribution in [0.25, 0.3) is 22.3 Å². The van der Waals surface area contributed by atoms with Gasteiger partial charge in [0.25, 0.3) is 0 Å². The Kier molecular flexibility index (Phi) is 10.3. The Balaban J connectivity index is 1.24. The van der Waals surface area contributed by atoms with Crippen molar-refractivity contribution in [1.82, 2.24) is 0 Å². The van der Waals surface area contributed by atoms with Crippen LogP contribution in [-0.2, 0) is 0 Å². The van der Waals surface area contributed by atoms with Gasteiger partial charge in [0.15, 0.2) is 0 Å². The van der Waals surface area contributed by atoms with Gasteiger partial charge in [0.2, 0.25) is 0 Å². The van der Waals surface area contributed by atoms with Gasteiger partial charge in [-0.15, -0.1) is 0 Å². The minimum atomic E-state index is 0.136. The fraction of sp³-hybridized carbons (Fsp3) is 0.0870. The van der Waals surface area contributed by atoms with E-state index < -0.39 is 0 Å². The molecular formula is C46H40N2O6. The summed E-state index contributed by atoms with van der Waals surface area (Å²) in [6.07, 6.45) is 0. The molecule has 8 nitrogen and oxygen atoms in total. The van der Waals surface area contributed by atoms with E-state index in [0.717, 1.165) is 68.0 Å². The molecule has 0 saturated carbocycles. The van der Waals surface area contributed by atoms with Crippen LogP contribution in [0, 0.1) is 0 Å². The summed E-state index contributed by atoms with van der Waals surface area (Å²) in [5, 5.41) is 22.5. The standard InChI is InChI=1S/C46H40N2O6/c1-51-39-19-11-35(12-20-39)47(36-13-21-40(52-2)22-14-36)43-29-33(9-27-45(43)49)31-5-7-32(8-6-31)34-10-28-46(50)44(30-34)48(37-15-23-41(53-3)24-16-37)38-17-25-42(54-4)26-18-38/h5-30,49-50H,1-4H3. The topological polar surface area (TPSA) is 83.9 Å². The number of methoxy groups -OCH3 is 4. The maximum atomic E-state index is 11.3. The fourth-order valence-corrected chi connectivity index (χ4v) is 6.40. The van der Waals surface area contributed by atoms with Crippen LogP contribution in [0.2, 0.25) is 0 Å². The van der Waals surface area contributed by atoms with Crippen molar-refractivity contribution in [2.24, 2.45) is 0 Å². The van der Waals surface area contributed by atoms with Gasteiger partial charge in [-0.05, 0) is 144 Å². The van der Waals surface area contributed by atoms with Gasteiger partial charge in [-0.25, -0.2) is 0 Å². The molecule has 7 aromatic carbocycles. The first-order valence-electron chi connectivity index (χ1n) is 17.3. The predicted octanol–water partition coefficient (Wildman–Crippen LogP) is 11.4. The average Bonchev–Trinajstić information content (AvgIpc) is 3.23.